The molecule has 0 aromatic carbocycles. The minimum absolute atomic E-state index is 0.113. The molecule has 6 heteroatoms. The van der Waals surface area contributed by atoms with Crippen LogP contribution in [0.4, 0.5) is 0 Å². The quantitative estimate of drug-likeness (QED) is 0.476. The van der Waals surface area contributed by atoms with Crippen molar-refractivity contribution in [3.05, 3.63) is 0 Å². The van der Waals surface area contributed by atoms with Gasteiger partial charge in [-0.25, -0.2) is 0 Å². The molecular weight excluding hydrogens is 154 g/mol. The Labute approximate surface area is 57.7 Å². The fourth-order valence-electron chi connectivity index (χ4n) is 0.156. The first-order valence-corrected chi connectivity index (χ1v) is 2.91. The summed E-state index contributed by atoms with van der Waals surface area (Å²) in [5, 5.41) is 8.44. The van der Waals surface area contributed by atoms with Gasteiger partial charge in [-0.2, -0.15) is 0 Å². The van der Waals surface area contributed by atoms with E-state index in [2.05, 4.69) is 9.31 Å². The van der Waals surface area contributed by atoms with Gasteiger partial charge in [-0.3, -0.25) is 0 Å². The van der Waals surface area contributed by atoms with Crippen molar-refractivity contribution in [2.45, 2.75) is 0 Å². The fraction of sp³-hybridized carbons (Fsp3) is 1.00. The Morgan fingerprint density at radius 3 is 1.88 bits per heavy atom. The average Bonchev–Trinajstić information content (AvgIpc) is 1.68. The highest BCUT2D eigenvalue weighted by Crippen LogP contribution is 1.87. The van der Waals surface area contributed by atoms with Gasteiger partial charge in [0.25, 0.3) is 0 Å². The zero-order valence-corrected chi connectivity index (χ0v) is 5.52. The maximum Gasteiger partial charge on any atom is 0.638 e. The van der Waals surface area contributed by atoms with E-state index in [-0.39, 0.29) is 12.1 Å². The molecule has 0 fully saturated rings. The van der Waals surface area contributed by atoms with Crippen molar-refractivity contribution in [3.63, 3.8) is 0 Å². The van der Waals surface area contributed by atoms with E-state index in [4.69, 9.17) is 28.2 Å². The second-order valence-electron chi connectivity index (χ2n) is 0.859. The van der Waals surface area contributed by atoms with Crippen LogP contribution < -0.4 is 0 Å². The van der Waals surface area contributed by atoms with Crippen molar-refractivity contribution in [1.29, 1.82) is 0 Å². The van der Waals surface area contributed by atoms with E-state index in [1.54, 1.807) is 0 Å². The summed E-state index contributed by atoms with van der Waals surface area (Å²) in [7, 11) is -1.30. The molecule has 0 atom stereocenters. The Kier molecular flexibility index (Phi) is 6.03. The number of alkyl halides is 2. The minimum atomic E-state index is -1.30. The Morgan fingerprint density at radius 1 is 1.25 bits per heavy atom. The summed E-state index contributed by atoms with van der Waals surface area (Å²) in [6.45, 7) is 0. The van der Waals surface area contributed by atoms with Crippen LogP contribution in [0, 0.1) is 0 Å². The molecule has 0 radical (unpaired) electrons. The molecule has 0 aliphatic heterocycles. The van der Waals surface area contributed by atoms with Crippen molar-refractivity contribution < 1.29 is 14.3 Å². The highest BCUT2D eigenvalue weighted by atomic mass is 35.5. The largest absolute Gasteiger partial charge is 0.638 e. The molecule has 0 saturated heterocycles. The molecule has 48 valence electrons. The van der Waals surface area contributed by atoms with Crippen LogP contribution >= 0.6 is 23.2 Å². The first-order chi connectivity index (χ1) is 3.81. The molecule has 3 nitrogen and oxygen atoms in total. The molecule has 1 N–H and O–H groups in total. The first-order valence-electron chi connectivity index (χ1n) is 1.84. The predicted molar refractivity (Wildman–Crippen MR) is 31.6 cm³/mol. The predicted octanol–water partition coefficient (Wildman–Crippen LogP) is 0.389. The van der Waals surface area contributed by atoms with Crippen molar-refractivity contribution in [2.75, 3.05) is 12.1 Å². The monoisotopic (exact) mass is 158 g/mol. The van der Waals surface area contributed by atoms with Gasteiger partial charge in [0.05, 0.1) is 0 Å². The number of hydrogen-bond acceptors (Lipinski definition) is 3. The van der Waals surface area contributed by atoms with E-state index in [1.807, 2.05) is 0 Å². The molecule has 0 rings (SSSR count). The van der Waals surface area contributed by atoms with Crippen LogP contribution in [-0.4, -0.2) is 24.5 Å². The number of hydrogen-bond donors (Lipinski definition) is 1. The van der Waals surface area contributed by atoms with Crippen molar-refractivity contribution in [3.8, 4) is 0 Å². The lowest BCUT2D eigenvalue weighted by atomic mass is 10.3. The highest BCUT2D eigenvalue weighted by Gasteiger charge is 2.12. The summed E-state index contributed by atoms with van der Waals surface area (Å²) >= 11 is 10.1. The van der Waals surface area contributed by atoms with Gasteiger partial charge in [0.2, 0.25) is 0 Å². The van der Waals surface area contributed by atoms with Crippen LogP contribution in [0.2, 0.25) is 0 Å². The summed E-state index contributed by atoms with van der Waals surface area (Å²) in [4.78, 5) is 0. The van der Waals surface area contributed by atoms with E-state index >= 15 is 0 Å². The van der Waals surface area contributed by atoms with Crippen molar-refractivity contribution >= 4 is 30.5 Å². The highest BCUT2D eigenvalue weighted by molar-refractivity contribution is 6.37. The summed E-state index contributed by atoms with van der Waals surface area (Å²) in [5.41, 5.74) is 0. The van der Waals surface area contributed by atoms with Crippen molar-refractivity contribution in [2.24, 2.45) is 0 Å². The Morgan fingerprint density at radius 2 is 1.62 bits per heavy atom. The van der Waals surface area contributed by atoms with Crippen LogP contribution in [0.1, 0.15) is 0 Å². The molecule has 0 amide bonds. The molecule has 0 saturated carbocycles. The Hall–Kier alpha value is 0.525. The van der Waals surface area contributed by atoms with Gasteiger partial charge in [0, 0.05) is 0 Å². The topological polar surface area (TPSA) is 38.7 Å². The molecule has 0 aliphatic carbocycles. The van der Waals surface area contributed by atoms with Gasteiger partial charge in [-0.1, -0.05) is 23.2 Å². The van der Waals surface area contributed by atoms with E-state index in [1.165, 1.54) is 0 Å². The fourth-order valence-corrected chi connectivity index (χ4v) is 0.371. The van der Waals surface area contributed by atoms with Gasteiger partial charge in [0.1, 0.15) is 12.1 Å². The zero-order valence-electron chi connectivity index (χ0n) is 4.01. The van der Waals surface area contributed by atoms with Gasteiger partial charge in [-0.15, -0.1) is 0 Å². The second kappa shape index (κ2) is 5.66. The molecule has 0 aromatic heterocycles. The SMILES string of the molecule is OB(OCCl)OCCl. The lowest BCUT2D eigenvalue weighted by Gasteiger charge is -2.00. The second-order valence-corrected chi connectivity index (χ2v) is 1.30. The van der Waals surface area contributed by atoms with Crippen LogP contribution in [0.3, 0.4) is 0 Å². The van der Waals surface area contributed by atoms with Gasteiger partial charge in [0.15, 0.2) is 0 Å². The smallest absolute Gasteiger partial charge is 0.402 e. The Balaban J connectivity index is 2.92. The molecule has 0 heterocycles. The maximum atomic E-state index is 8.44. The van der Waals surface area contributed by atoms with Crippen LogP contribution in [0.5, 0.6) is 0 Å². The normalized spacial score (nSPS) is 9.38. The zero-order chi connectivity index (χ0) is 6.41. The van der Waals surface area contributed by atoms with Gasteiger partial charge >= 0.3 is 7.32 Å². The summed E-state index contributed by atoms with van der Waals surface area (Å²) in [6, 6.07) is -0.226. The lowest BCUT2D eigenvalue weighted by molar-refractivity contribution is 0.175. The van der Waals surface area contributed by atoms with Gasteiger partial charge < -0.3 is 14.3 Å². The Bertz CT molecular complexity index is 48.5. The van der Waals surface area contributed by atoms with Crippen LogP contribution in [-0.2, 0) is 9.31 Å². The molecular formula is C2H5BCl2O3. The summed E-state index contributed by atoms with van der Waals surface area (Å²) in [5.74, 6) is 0. The van der Waals surface area contributed by atoms with E-state index < -0.39 is 7.32 Å². The molecule has 0 aromatic rings. The van der Waals surface area contributed by atoms with E-state index in [0.29, 0.717) is 0 Å². The maximum absolute atomic E-state index is 8.44. The van der Waals surface area contributed by atoms with E-state index in [0.717, 1.165) is 0 Å². The summed E-state index contributed by atoms with van der Waals surface area (Å²) in [6.07, 6.45) is 0. The average molecular weight is 159 g/mol. The first kappa shape index (κ1) is 8.52. The number of rotatable bonds is 4. The third-order valence-electron chi connectivity index (χ3n) is 0.411. The van der Waals surface area contributed by atoms with Crippen LogP contribution in [0.25, 0.3) is 0 Å². The van der Waals surface area contributed by atoms with Crippen LogP contribution in [0.15, 0.2) is 0 Å². The summed E-state index contributed by atoms with van der Waals surface area (Å²) < 4.78 is 8.59. The van der Waals surface area contributed by atoms with E-state index in [9.17, 15) is 0 Å². The lowest BCUT2D eigenvalue weighted by Crippen LogP contribution is -2.21. The molecule has 0 bridgehead atoms. The molecule has 0 spiro atoms. The van der Waals surface area contributed by atoms with Gasteiger partial charge in [-0.05, 0) is 0 Å². The molecule has 0 unspecified atom stereocenters. The third kappa shape index (κ3) is 4.68. The van der Waals surface area contributed by atoms with Crippen molar-refractivity contribution in [1.82, 2.24) is 0 Å². The third-order valence-corrected chi connectivity index (χ3v) is 0.663. The molecule has 0 aliphatic rings. The number of halogens is 2. The standard InChI is InChI=1S/C2H5BCl2O3/c4-1-7-3(6)8-2-5/h6H,1-2H2. The minimum Gasteiger partial charge on any atom is -0.402 e. The molecule has 8 heavy (non-hydrogen) atoms.